The number of carbonyl (C=O) groups is 2. The lowest BCUT2D eigenvalue weighted by Gasteiger charge is -2.35. The molecule has 308 valence electrons. The monoisotopic (exact) mass is 969 g/mol. The SMILES string of the molecule is CC(C)(C)c1nc(Cl)c(C(=O)NS(=O)(=O)c2cccc(N)n2)cc1Br.CC1CN(c2nc(C(C)(C)C)c(Br)cc2C(=O)NS(=O)(=O)c2cccc(N)n2)C(C)(C)C1. The van der Waals surface area contributed by atoms with Crippen LogP contribution < -0.4 is 25.8 Å². The molecule has 1 aliphatic rings. The molecule has 2 amide bonds. The first-order valence-corrected chi connectivity index (χ1v) is 22.4. The number of anilines is 3. The van der Waals surface area contributed by atoms with Gasteiger partial charge in [0.1, 0.15) is 22.6 Å². The minimum absolute atomic E-state index is 0.0206. The fraction of sp³-hybridized carbons (Fsp3) is 0.405. The van der Waals surface area contributed by atoms with Crippen molar-refractivity contribution < 1.29 is 26.4 Å². The van der Waals surface area contributed by atoms with Crippen LogP contribution in [0.3, 0.4) is 0 Å². The van der Waals surface area contributed by atoms with Gasteiger partial charge in [-0.1, -0.05) is 72.2 Å². The average molecular weight is 972 g/mol. The van der Waals surface area contributed by atoms with Crippen molar-refractivity contribution >= 4 is 92.8 Å². The van der Waals surface area contributed by atoms with Gasteiger partial charge in [0.2, 0.25) is 0 Å². The molecule has 6 N–H and O–H groups in total. The molecule has 1 fully saturated rings. The molecule has 0 aliphatic carbocycles. The molecule has 1 saturated heterocycles. The summed E-state index contributed by atoms with van der Waals surface area (Å²) in [5, 5.41) is -0.780. The molecule has 0 spiro atoms. The van der Waals surface area contributed by atoms with E-state index in [4.69, 9.17) is 28.1 Å². The summed E-state index contributed by atoms with van der Waals surface area (Å²) in [5.74, 6) is -0.735. The highest BCUT2D eigenvalue weighted by molar-refractivity contribution is 9.10. The molecule has 1 aliphatic heterocycles. The quantitative estimate of drug-likeness (QED) is 0.141. The van der Waals surface area contributed by atoms with Crippen LogP contribution in [0.25, 0.3) is 0 Å². The number of nitrogen functional groups attached to an aromatic ring is 2. The lowest BCUT2D eigenvalue weighted by molar-refractivity contribution is 0.0972. The number of rotatable bonds is 7. The molecule has 0 saturated carbocycles. The summed E-state index contributed by atoms with van der Waals surface area (Å²) in [6, 6.07) is 11.4. The zero-order chi connectivity index (χ0) is 43.1. The molecule has 4 aromatic rings. The summed E-state index contributed by atoms with van der Waals surface area (Å²) in [6.45, 7) is 19.0. The number of aromatic nitrogens is 4. The van der Waals surface area contributed by atoms with Crippen LogP contribution in [0.15, 0.2) is 67.5 Å². The predicted molar refractivity (Wildman–Crippen MR) is 228 cm³/mol. The molecule has 15 nitrogen and oxygen atoms in total. The van der Waals surface area contributed by atoms with Crippen LogP contribution in [0.4, 0.5) is 17.5 Å². The van der Waals surface area contributed by atoms with Crippen molar-refractivity contribution in [3.05, 3.63) is 85.1 Å². The van der Waals surface area contributed by atoms with Crippen molar-refractivity contribution in [1.82, 2.24) is 29.4 Å². The van der Waals surface area contributed by atoms with Crippen LogP contribution >= 0.6 is 43.5 Å². The summed E-state index contributed by atoms with van der Waals surface area (Å²) in [4.78, 5) is 44.3. The third-order valence-electron chi connectivity index (χ3n) is 8.62. The number of pyridine rings is 4. The first-order valence-electron chi connectivity index (χ1n) is 17.5. The Hall–Kier alpha value is -3.91. The molecule has 0 radical (unpaired) electrons. The van der Waals surface area contributed by atoms with E-state index >= 15 is 0 Å². The Morgan fingerprint density at radius 3 is 1.60 bits per heavy atom. The number of nitrogens with two attached hydrogens (primary N) is 2. The molecule has 0 aromatic carbocycles. The van der Waals surface area contributed by atoms with Crippen LogP contribution in [-0.2, 0) is 30.9 Å². The smallest absolute Gasteiger partial charge is 0.281 e. The maximum absolute atomic E-state index is 13.3. The third kappa shape index (κ3) is 11.0. The first kappa shape index (κ1) is 45.8. The van der Waals surface area contributed by atoms with E-state index in [1.807, 2.05) is 46.3 Å². The van der Waals surface area contributed by atoms with Crippen molar-refractivity contribution in [2.45, 2.75) is 95.2 Å². The number of sulfonamides is 2. The lowest BCUT2D eigenvalue weighted by atomic mass is 9.91. The molecule has 1 atom stereocenters. The van der Waals surface area contributed by atoms with E-state index in [1.54, 1.807) is 6.07 Å². The van der Waals surface area contributed by atoms with Crippen LogP contribution in [-0.4, -0.2) is 60.7 Å². The zero-order valence-corrected chi connectivity index (χ0v) is 38.5. The number of halogens is 3. The van der Waals surface area contributed by atoms with Gasteiger partial charge in [-0.05, 0) is 94.4 Å². The number of hydrogen-bond acceptors (Lipinski definition) is 13. The van der Waals surface area contributed by atoms with Gasteiger partial charge in [0, 0.05) is 31.9 Å². The Bertz CT molecular complexity index is 2440. The standard InChI is InChI=1S/C22H30BrN5O3S.C15H16BrClN4O3S/c1-13-11-22(5,6)28(12-13)19-14(10-15(23)18(26-19)21(2,3)4)20(29)27-32(30,31)17-9-7-8-16(24)25-17;1-15(2,3)12-9(16)7-8(13(17)20-12)14(22)21-25(23,24)11-6-4-5-10(18)19-11/h7-10,13H,11-12H2,1-6H3,(H2,24,25)(H,27,29);4-7H,1-3H3,(H2,18,19)(H,21,22). The van der Waals surface area contributed by atoms with E-state index in [0.717, 1.165) is 18.7 Å². The second-order valence-corrected chi connectivity index (χ2v) is 21.6. The Labute approximate surface area is 355 Å². The highest BCUT2D eigenvalue weighted by Gasteiger charge is 2.40. The molecule has 5 rings (SSSR count). The molecule has 57 heavy (non-hydrogen) atoms. The van der Waals surface area contributed by atoms with Gasteiger partial charge in [0.25, 0.3) is 31.9 Å². The minimum atomic E-state index is -4.21. The van der Waals surface area contributed by atoms with E-state index < -0.39 is 31.9 Å². The topological polar surface area (TPSA) is 233 Å². The van der Waals surface area contributed by atoms with Gasteiger partial charge in [-0.2, -0.15) is 16.8 Å². The van der Waals surface area contributed by atoms with E-state index in [-0.39, 0.29) is 54.3 Å². The number of hydrogen-bond donors (Lipinski definition) is 4. The Kier molecular flexibility index (Phi) is 13.5. The maximum Gasteiger partial charge on any atom is 0.281 e. The second-order valence-electron chi connectivity index (χ2n) is 16.3. The Balaban J connectivity index is 0.000000261. The van der Waals surface area contributed by atoms with Gasteiger partial charge >= 0.3 is 0 Å². The van der Waals surface area contributed by atoms with Crippen molar-refractivity contribution in [3.8, 4) is 0 Å². The summed E-state index contributed by atoms with van der Waals surface area (Å²) in [7, 11) is -8.40. The summed E-state index contributed by atoms with van der Waals surface area (Å²) >= 11 is 12.9. The van der Waals surface area contributed by atoms with Gasteiger partial charge in [-0.25, -0.2) is 29.4 Å². The number of carbonyl (C=O) groups excluding carboxylic acids is 2. The van der Waals surface area contributed by atoms with Crippen LogP contribution in [0.5, 0.6) is 0 Å². The molecule has 20 heteroatoms. The fourth-order valence-corrected chi connectivity index (χ4v) is 10.0. The van der Waals surface area contributed by atoms with Gasteiger partial charge in [-0.3, -0.25) is 9.59 Å². The molecular weight excluding hydrogens is 926 g/mol. The summed E-state index contributed by atoms with van der Waals surface area (Å²) in [5.41, 5.74) is 11.8. The molecule has 1 unspecified atom stereocenters. The van der Waals surface area contributed by atoms with Gasteiger partial charge in [0.15, 0.2) is 10.1 Å². The van der Waals surface area contributed by atoms with Gasteiger partial charge in [-0.15, -0.1) is 0 Å². The predicted octanol–water partition coefficient (Wildman–Crippen LogP) is 6.75. The molecule has 0 bridgehead atoms. The second kappa shape index (κ2) is 16.8. The van der Waals surface area contributed by atoms with Crippen LogP contribution in [0, 0.1) is 5.92 Å². The van der Waals surface area contributed by atoms with E-state index in [9.17, 15) is 26.4 Å². The highest BCUT2D eigenvalue weighted by Crippen LogP contribution is 2.40. The number of amides is 2. The average Bonchev–Trinajstić information content (AvgIpc) is 3.35. The van der Waals surface area contributed by atoms with Crippen molar-refractivity contribution in [3.63, 3.8) is 0 Å². The fourth-order valence-electron chi connectivity index (χ4n) is 6.11. The number of nitrogens with zero attached hydrogens (tertiary/aromatic N) is 5. The third-order valence-corrected chi connectivity index (χ3v) is 12.6. The first-order chi connectivity index (χ1) is 26.0. The normalized spacial score (nSPS) is 15.7. The largest absolute Gasteiger partial charge is 0.384 e. The molecule has 5 heterocycles. The van der Waals surface area contributed by atoms with Crippen LogP contribution in [0.2, 0.25) is 5.15 Å². The Morgan fingerprint density at radius 1 is 0.772 bits per heavy atom. The molecular formula is C37H46Br2ClN9O6S2. The molecule has 4 aromatic heterocycles. The lowest BCUT2D eigenvalue weighted by Crippen LogP contribution is -2.41. The zero-order valence-electron chi connectivity index (χ0n) is 32.9. The maximum atomic E-state index is 13.3. The summed E-state index contributed by atoms with van der Waals surface area (Å²) in [6.07, 6.45) is 0.933. The van der Waals surface area contributed by atoms with E-state index in [2.05, 4.69) is 77.2 Å². The highest BCUT2D eigenvalue weighted by atomic mass is 79.9. The minimum Gasteiger partial charge on any atom is -0.384 e. The number of nitrogens with one attached hydrogen (secondary N) is 2. The Morgan fingerprint density at radius 2 is 1.19 bits per heavy atom. The van der Waals surface area contributed by atoms with Crippen molar-refractivity contribution in [1.29, 1.82) is 0 Å². The summed E-state index contributed by atoms with van der Waals surface area (Å²) < 4.78 is 55.4. The van der Waals surface area contributed by atoms with Gasteiger partial charge in [0.05, 0.1) is 22.5 Å². The van der Waals surface area contributed by atoms with E-state index in [0.29, 0.717) is 26.4 Å². The van der Waals surface area contributed by atoms with Crippen LogP contribution in [0.1, 0.15) is 101 Å². The van der Waals surface area contributed by atoms with Crippen molar-refractivity contribution in [2.24, 2.45) is 5.92 Å². The van der Waals surface area contributed by atoms with Crippen molar-refractivity contribution in [2.75, 3.05) is 22.9 Å². The van der Waals surface area contributed by atoms with Gasteiger partial charge < -0.3 is 16.4 Å². The van der Waals surface area contributed by atoms with E-state index in [1.165, 1.54) is 42.5 Å².